The second-order valence-corrected chi connectivity index (χ2v) is 6.26. The van der Waals surface area contributed by atoms with Gasteiger partial charge >= 0.3 is 6.03 Å². The first kappa shape index (κ1) is 16.4. The molecule has 0 spiro atoms. The molecule has 0 unspecified atom stereocenters. The number of benzene rings is 1. The maximum absolute atomic E-state index is 14.0. The van der Waals surface area contributed by atoms with Gasteiger partial charge in [-0.3, -0.25) is 0 Å². The zero-order valence-electron chi connectivity index (χ0n) is 13.9. The summed E-state index contributed by atoms with van der Waals surface area (Å²) >= 11 is 0. The Labute approximate surface area is 139 Å². The molecule has 1 saturated carbocycles. The third-order valence-electron chi connectivity index (χ3n) is 4.42. The molecule has 0 radical (unpaired) electrons. The van der Waals surface area contributed by atoms with Gasteiger partial charge in [0.05, 0.1) is 11.4 Å². The molecule has 1 fully saturated rings. The number of rotatable bonds is 4. The summed E-state index contributed by atoms with van der Waals surface area (Å²) in [7, 11) is 1.74. The lowest BCUT2D eigenvalue weighted by Gasteiger charge is -2.21. The summed E-state index contributed by atoms with van der Waals surface area (Å²) in [5, 5.41) is 13.9. The van der Waals surface area contributed by atoms with Gasteiger partial charge in [0.25, 0.3) is 0 Å². The first-order valence-corrected chi connectivity index (χ1v) is 8.11. The van der Waals surface area contributed by atoms with E-state index in [-0.39, 0.29) is 11.7 Å². The van der Waals surface area contributed by atoms with Gasteiger partial charge < -0.3 is 10.2 Å². The number of hydrogen-bond acceptors (Lipinski definition) is 4. The standard InChI is InChI=1S/C16H21FN6O/c1-11-19-20-21-23(11)13-7-8-14(17)15(9-13)18-16(24)22(2)10-12-5-3-4-6-12/h7-9,12H,3-6,10H2,1-2H3,(H,18,24). The van der Waals surface area contributed by atoms with Crippen LogP contribution in [0.3, 0.4) is 0 Å². The maximum atomic E-state index is 14.0. The molecule has 0 bridgehead atoms. The fraction of sp³-hybridized carbons (Fsp3) is 0.500. The van der Waals surface area contributed by atoms with Crippen molar-refractivity contribution in [2.45, 2.75) is 32.6 Å². The molecule has 3 rings (SSSR count). The van der Waals surface area contributed by atoms with Gasteiger partial charge in [0.2, 0.25) is 0 Å². The van der Waals surface area contributed by atoms with Crippen molar-refractivity contribution in [3.05, 3.63) is 29.8 Å². The van der Waals surface area contributed by atoms with Crippen molar-refractivity contribution in [1.82, 2.24) is 25.1 Å². The molecule has 1 N–H and O–H groups in total. The molecule has 1 aromatic heterocycles. The van der Waals surface area contributed by atoms with Gasteiger partial charge in [-0.25, -0.2) is 9.18 Å². The summed E-state index contributed by atoms with van der Waals surface area (Å²) in [6.07, 6.45) is 4.75. The van der Waals surface area contributed by atoms with E-state index in [9.17, 15) is 9.18 Å². The Morgan fingerprint density at radius 2 is 2.17 bits per heavy atom. The van der Waals surface area contributed by atoms with Crippen LogP contribution in [-0.4, -0.2) is 44.7 Å². The lowest BCUT2D eigenvalue weighted by atomic mass is 10.1. The molecular weight excluding hydrogens is 311 g/mol. The minimum Gasteiger partial charge on any atom is -0.327 e. The second-order valence-electron chi connectivity index (χ2n) is 6.26. The number of hydrogen-bond donors (Lipinski definition) is 1. The Hall–Kier alpha value is -2.51. The molecule has 24 heavy (non-hydrogen) atoms. The van der Waals surface area contributed by atoms with Crippen molar-refractivity contribution >= 4 is 11.7 Å². The third-order valence-corrected chi connectivity index (χ3v) is 4.42. The predicted molar refractivity (Wildman–Crippen MR) is 87.5 cm³/mol. The van der Waals surface area contributed by atoms with E-state index in [0.29, 0.717) is 24.0 Å². The van der Waals surface area contributed by atoms with E-state index in [2.05, 4.69) is 20.8 Å². The second kappa shape index (κ2) is 6.94. The molecule has 0 atom stereocenters. The fourth-order valence-corrected chi connectivity index (χ4v) is 3.08. The summed E-state index contributed by atoms with van der Waals surface area (Å²) in [4.78, 5) is 13.9. The van der Waals surface area contributed by atoms with Crippen molar-refractivity contribution < 1.29 is 9.18 Å². The number of aromatic nitrogens is 4. The zero-order chi connectivity index (χ0) is 17.1. The minimum atomic E-state index is -0.493. The minimum absolute atomic E-state index is 0.116. The molecule has 2 aromatic rings. The molecule has 1 aromatic carbocycles. The molecule has 0 saturated heterocycles. The number of carbonyl (C=O) groups excluding carboxylic acids is 1. The number of nitrogens with zero attached hydrogens (tertiary/aromatic N) is 5. The van der Waals surface area contributed by atoms with Crippen molar-refractivity contribution in [2.24, 2.45) is 5.92 Å². The largest absolute Gasteiger partial charge is 0.327 e. The molecule has 128 valence electrons. The average molecular weight is 332 g/mol. The smallest absolute Gasteiger partial charge is 0.321 e. The van der Waals surface area contributed by atoms with Crippen molar-refractivity contribution in [1.29, 1.82) is 0 Å². The molecule has 0 aliphatic heterocycles. The first-order chi connectivity index (χ1) is 11.5. The fourth-order valence-electron chi connectivity index (χ4n) is 3.08. The Kier molecular flexibility index (Phi) is 4.73. The summed E-state index contributed by atoms with van der Waals surface area (Å²) in [6.45, 7) is 2.44. The van der Waals surface area contributed by atoms with Crippen LogP contribution in [0.15, 0.2) is 18.2 Å². The van der Waals surface area contributed by atoms with Crippen LogP contribution in [0.2, 0.25) is 0 Å². The highest BCUT2D eigenvalue weighted by Gasteiger charge is 2.20. The van der Waals surface area contributed by atoms with E-state index >= 15 is 0 Å². The van der Waals surface area contributed by atoms with E-state index in [1.165, 1.54) is 29.7 Å². The molecule has 1 aliphatic carbocycles. The van der Waals surface area contributed by atoms with Crippen molar-refractivity contribution in [3.8, 4) is 5.69 Å². The van der Waals surface area contributed by atoms with Gasteiger partial charge in [-0.1, -0.05) is 12.8 Å². The van der Waals surface area contributed by atoms with Gasteiger partial charge in [-0.05, 0) is 54.3 Å². The Morgan fingerprint density at radius 1 is 1.42 bits per heavy atom. The normalized spacial score (nSPS) is 14.8. The molecular formula is C16H21FN6O. The van der Waals surface area contributed by atoms with E-state index in [1.807, 2.05) is 0 Å². The van der Waals surface area contributed by atoms with Gasteiger partial charge in [0, 0.05) is 13.6 Å². The van der Waals surface area contributed by atoms with E-state index < -0.39 is 5.82 Å². The van der Waals surface area contributed by atoms with Gasteiger partial charge in [-0.2, -0.15) is 4.68 Å². The average Bonchev–Trinajstić information content (AvgIpc) is 3.21. The van der Waals surface area contributed by atoms with Gasteiger partial charge in [-0.15, -0.1) is 5.10 Å². The monoisotopic (exact) mass is 332 g/mol. The highest BCUT2D eigenvalue weighted by atomic mass is 19.1. The Morgan fingerprint density at radius 3 is 2.83 bits per heavy atom. The summed E-state index contributed by atoms with van der Waals surface area (Å²) in [6, 6.07) is 4.07. The number of anilines is 1. The maximum Gasteiger partial charge on any atom is 0.321 e. The van der Waals surface area contributed by atoms with Crippen LogP contribution >= 0.6 is 0 Å². The van der Waals surface area contributed by atoms with Crippen LogP contribution in [0.1, 0.15) is 31.5 Å². The van der Waals surface area contributed by atoms with Gasteiger partial charge in [0.15, 0.2) is 5.82 Å². The number of amides is 2. The molecule has 8 heteroatoms. The summed E-state index contributed by atoms with van der Waals surface area (Å²) in [5.41, 5.74) is 0.707. The lowest BCUT2D eigenvalue weighted by molar-refractivity contribution is 0.214. The SMILES string of the molecule is Cc1nnnn1-c1ccc(F)c(NC(=O)N(C)CC2CCCC2)c1. The third kappa shape index (κ3) is 3.52. The number of tetrazole rings is 1. The van der Waals surface area contributed by atoms with Crippen LogP contribution in [0.4, 0.5) is 14.9 Å². The molecule has 2 amide bonds. The zero-order valence-corrected chi connectivity index (χ0v) is 13.9. The molecule has 1 heterocycles. The molecule has 7 nitrogen and oxygen atoms in total. The summed E-state index contributed by atoms with van der Waals surface area (Å²) in [5.74, 6) is 0.630. The van der Waals surface area contributed by atoms with Crippen LogP contribution in [0.25, 0.3) is 5.69 Å². The Balaban J connectivity index is 1.71. The first-order valence-electron chi connectivity index (χ1n) is 8.11. The molecule has 1 aliphatic rings. The van der Waals surface area contributed by atoms with E-state index in [0.717, 1.165) is 12.8 Å². The van der Waals surface area contributed by atoms with Crippen molar-refractivity contribution in [2.75, 3.05) is 18.9 Å². The van der Waals surface area contributed by atoms with Crippen LogP contribution in [0.5, 0.6) is 0 Å². The van der Waals surface area contributed by atoms with E-state index in [1.54, 1.807) is 24.9 Å². The van der Waals surface area contributed by atoms with E-state index in [4.69, 9.17) is 0 Å². The lowest BCUT2D eigenvalue weighted by Crippen LogP contribution is -2.35. The summed E-state index contributed by atoms with van der Waals surface area (Å²) < 4.78 is 15.5. The van der Waals surface area contributed by atoms with Gasteiger partial charge in [0.1, 0.15) is 5.82 Å². The Bertz CT molecular complexity index is 725. The highest BCUT2D eigenvalue weighted by Crippen LogP contribution is 2.25. The van der Waals surface area contributed by atoms with Crippen molar-refractivity contribution in [3.63, 3.8) is 0 Å². The number of carbonyl (C=O) groups is 1. The number of urea groups is 1. The number of halogens is 1. The van der Waals surface area contributed by atoms with Crippen LogP contribution in [0, 0.1) is 18.7 Å². The number of nitrogens with one attached hydrogen (secondary N) is 1. The van der Waals surface area contributed by atoms with Crippen LogP contribution in [-0.2, 0) is 0 Å². The topological polar surface area (TPSA) is 75.9 Å². The quantitative estimate of drug-likeness (QED) is 0.934. The highest BCUT2D eigenvalue weighted by molar-refractivity contribution is 5.89. The predicted octanol–water partition coefficient (Wildman–Crippen LogP) is 2.76. The van der Waals surface area contributed by atoms with Crippen LogP contribution < -0.4 is 5.32 Å². The number of aryl methyl sites for hydroxylation is 1.